The summed E-state index contributed by atoms with van der Waals surface area (Å²) < 4.78 is 16.2. The molecule has 28 heavy (non-hydrogen) atoms. The molecule has 0 saturated carbocycles. The van der Waals surface area contributed by atoms with E-state index in [2.05, 4.69) is 32.2 Å². The Morgan fingerprint density at radius 1 is 1.32 bits per heavy atom. The molecule has 0 bridgehead atoms. The third-order valence-electron chi connectivity index (χ3n) is 5.18. The van der Waals surface area contributed by atoms with Crippen LogP contribution in [0.4, 0.5) is 10.2 Å². The molecule has 2 N–H and O–H groups in total. The topological polar surface area (TPSA) is 82.2 Å². The molecular formula is C20H22FN7. The first-order valence-corrected chi connectivity index (χ1v) is 9.16. The zero-order chi connectivity index (χ0) is 19.8. The highest BCUT2D eigenvalue weighted by molar-refractivity contribution is 5.87. The minimum atomic E-state index is -0.328. The number of rotatable bonds is 4. The molecule has 0 spiro atoms. The molecular weight excluding hydrogens is 357 g/mol. The second kappa shape index (κ2) is 7.03. The van der Waals surface area contributed by atoms with Crippen LogP contribution in [0.3, 0.4) is 0 Å². The van der Waals surface area contributed by atoms with E-state index in [1.165, 1.54) is 18.6 Å². The summed E-state index contributed by atoms with van der Waals surface area (Å²) in [5, 5.41) is 15.2. The van der Waals surface area contributed by atoms with Crippen LogP contribution in [0.25, 0.3) is 16.8 Å². The van der Waals surface area contributed by atoms with Crippen molar-refractivity contribution in [3.8, 4) is 11.3 Å². The number of hydrogen-bond acceptors (Lipinski definition) is 6. The van der Waals surface area contributed by atoms with E-state index in [0.717, 1.165) is 11.3 Å². The van der Waals surface area contributed by atoms with Crippen molar-refractivity contribution >= 4 is 17.5 Å². The summed E-state index contributed by atoms with van der Waals surface area (Å²) in [7, 11) is 1.86. The minimum absolute atomic E-state index is 0.157. The van der Waals surface area contributed by atoms with Crippen molar-refractivity contribution in [3.63, 3.8) is 0 Å². The van der Waals surface area contributed by atoms with Crippen LogP contribution in [0.2, 0.25) is 0 Å². The molecule has 0 fully saturated rings. The van der Waals surface area contributed by atoms with Gasteiger partial charge in [-0.1, -0.05) is 19.1 Å². The van der Waals surface area contributed by atoms with Crippen molar-refractivity contribution in [2.24, 2.45) is 5.92 Å². The first kappa shape index (κ1) is 18.1. The van der Waals surface area contributed by atoms with Crippen LogP contribution in [0.5, 0.6) is 0 Å². The lowest BCUT2D eigenvalue weighted by molar-refractivity contribution is 0.603. The van der Waals surface area contributed by atoms with E-state index in [9.17, 15) is 4.39 Å². The van der Waals surface area contributed by atoms with Gasteiger partial charge in [0.25, 0.3) is 0 Å². The van der Waals surface area contributed by atoms with E-state index < -0.39 is 0 Å². The van der Waals surface area contributed by atoms with Crippen LogP contribution in [0, 0.1) is 24.1 Å². The summed E-state index contributed by atoms with van der Waals surface area (Å²) >= 11 is 0. The van der Waals surface area contributed by atoms with Crippen LogP contribution in [0.15, 0.2) is 41.9 Å². The number of aromatic nitrogens is 4. The molecule has 3 heterocycles. The maximum atomic E-state index is 14.5. The fraction of sp³-hybridized carbons (Fsp3) is 0.300. The zero-order valence-electron chi connectivity index (χ0n) is 16.1. The van der Waals surface area contributed by atoms with Crippen LogP contribution in [-0.2, 0) is 0 Å². The van der Waals surface area contributed by atoms with Crippen molar-refractivity contribution in [2.75, 3.05) is 25.0 Å². The third-order valence-corrected chi connectivity index (χ3v) is 5.18. The highest BCUT2D eigenvalue weighted by Gasteiger charge is 2.28. The van der Waals surface area contributed by atoms with Crippen LogP contribution in [-0.4, -0.2) is 45.9 Å². The van der Waals surface area contributed by atoms with Crippen LogP contribution in [0.1, 0.15) is 12.7 Å². The number of likely N-dealkylation sites (N-methyl/N-ethyl adjacent to an activating group) is 1. The molecule has 0 radical (unpaired) electrons. The lowest BCUT2D eigenvalue weighted by atomic mass is 9.95. The Labute approximate surface area is 162 Å². The standard InChI is InChI=1S/C20H22FN7/c1-12-9-27(10-17(23-3)15(12)8-22)20-19-18(14-6-4-5-7-16(14)21)26-13(2)28(19)25-11-24-20/h4-8,11-12,22-23H,9-10H2,1-3H3. The van der Waals surface area contributed by atoms with Gasteiger partial charge in [-0.05, 0) is 24.6 Å². The van der Waals surface area contributed by atoms with E-state index >= 15 is 0 Å². The predicted octanol–water partition coefficient (Wildman–Crippen LogP) is 2.82. The van der Waals surface area contributed by atoms with Crippen LogP contribution >= 0.6 is 0 Å². The van der Waals surface area contributed by atoms with E-state index in [-0.39, 0.29) is 11.7 Å². The Kier molecular flexibility index (Phi) is 4.54. The summed E-state index contributed by atoms with van der Waals surface area (Å²) in [6, 6.07) is 6.61. The van der Waals surface area contributed by atoms with Crippen LogP contribution < -0.4 is 10.2 Å². The second-order valence-corrected chi connectivity index (χ2v) is 6.94. The number of fused-ring (bicyclic) bond motifs is 1. The molecule has 144 valence electrons. The molecule has 0 aliphatic carbocycles. The number of hydrogen-bond donors (Lipinski definition) is 2. The predicted molar refractivity (Wildman–Crippen MR) is 107 cm³/mol. The maximum absolute atomic E-state index is 14.5. The van der Waals surface area contributed by atoms with Gasteiger partial charge in [0.2, 0.25) is 0 Å². The SMILES string of the molecule is CNC1=C(C=N)C(C)CN(c2ncnn3c(C)nc(-c4ccccc4F)c23)C1. The van der Waals surface area contributed by atoms with Gasteiger partial charge in [-0.2, -0.15) is 5.10 Å². The third kappa shape index (κ3) is 2.81. The van der Waals surface area contributed by atoms with Gasteiger partial charge in [0.05, 0.1) is 6.54 Å². The Morgan fingerprint density at radius 2 is 2.11 bits per heavy atom. The van der Waals surface area contributed by atoms with E-state index in [1.807, 2.05) is 14.0 Å². The largest absolute Gasteiger partial charge is 0.390 e. The Hall–Kier alpha value is -3.29. The molecule has 0 saturated heterocycles. The van der Waals surface area contributed by atoms with Crippen molar-refractivity contribution in [1.82, 2.24) is 24.9 Å². The van der Waals surface area contributed by atoms with Gasteiger partial charge < -0.3 is 15.6 Å². The number of nitrogens with zero attached hydrogens (tertiary/aromatic N) is 5. The van der Waals surface area contributed by atoms with Crippen molar-refractivity contribution in [2.45, 2.75) is 13.8 Å². The van der Waals surface area contributed by atoms with Gasteiger partial charge in [0, 0.05) is 37.0 Å². The van der Waals surface area contributed by atoms with E-state index in [0.29, 0.717) is 41.5 Å². The number of benzene rings is 1. The van der Waals surface area contributed by atoms with Gasteiger partial charge in [0.1, 0.15) is 29.2 Å². The Balaban J connectivity index is 1.91. The van der Waals surface area contributed by atoms with Crippen molar-refractivity contribution < 1.29 is 4.39 Å². The molecule has 1 aliphatic heterocycles. The summed E-state index contributed by atoms with van der Waals surface area (Å²) in [5.74, 6) is 1.21. The van der Waals surface area contributed by atoms with Gasteiger partial charge in [-0.15, -0.1) is 0 Å². The molecule has 0 amide bonds. The minimum Gasteiger partial charge on any atom is -0.390 e. The van der Waals surface area contributed by atoms with Crippen molar-refractivity contribution in [1.29, 1.82) is 5.41 Å². The first-order valence-electron chi connectivity index (χ1n) is 9.16. The number of nitrogens with one attached hydrogen (secondary N) is 2. The summed E-state index contributed by atoms with van der Waals surface area (Å²) in [6.07, 6.45) is 2.92. The number of halogens is 1. The normalized spacial score (nSPS) is 17.3. The smallest absolute Gasteiger partial charge is 0.159 e. The molecule has 3 aromatic rings. The lowest BCUT2D eigenvalue weighted by Gasteiger charge is -2.34. The van der Waals surface area contributed by atoms with Gasteiger partial charge in [-0.3, -0.25) is 0 Å². The molecule has 4 rings (SSSR count). The summed E-state index contributed by atoms with van der Waals surface area (Å²) in [6.45, 7) is 5.21. The van der Waals surface area contributed by atoms with Gasteiger partial charge in [0.15, 0.2) is 5.82 Å². The summed E-state index contributed by atoms with van der Waals surface area (Å²) in [5.41, 5.74) is 3.62. The second-order valence-electron chi connectivity index (χ2n) is 6.94. The molecule has 2 aromatic heterocycles. The quantitative estimate of drug-likeness (QED) is 0.681. The fourth-order valence-corrected chi connectivity index (χ4v) is 3.82. The lowest BCUT2D eigenvalue weighted by Crippen LogP contribution is -2.40. The number of aryl methyl sites for hydroxylation is 1. The molecule has 1 atom stereocenters. The van der Waals surface area contributed by atoms with E-state index in [4.69, 9.17) is 5.41 Å². The fourth-order valence-electron chi connectivity index (χ4n) is 3.82. The van der Waals surface area contributed by atoms with Gasteiger partial charge >= 0.3 is 0 Å². The zero-order valence-corrected chi connectivity index (χ0v) is 16.1. The molecule has 1 aliphatic rings. The first-order chi connectivity index (χ1) is 13.5. The average Bonchev–Trinajstić information content (AvgIpc) is 3.04. The summed E-state index contributed by atoms with van der Waals surface area (Å²) in [4.78, 5) is 11.3. The monoisotopic (exact) mass is 379 g/mol. The average molecular weight is 379 g/mol. The number of anilines is 1. The van der Waals surface area contributed by atoms with Crippen molar-refractivity contribution in [3.05, 3.63) is 53.5 Å². The number of imidazole rings is 1. The van der Waals surface area contributed by atoms with E-state index in [1.54, 1.807) is 22.7 Å². The highest BCUT2D eigenvalue weighted by atomic mass is 19.1. The highest BCUT2D eigenvalue weighted by Crippen LogP contribution is 2.34. The Bertz CT molecular complexity index is 1090. The Morgan fingerprint density at radius 3 is 2.82 bits per heavy atom. The molecule has 7 nitrogen and oxygen atoms in total. The van der Waals surface area contributed by atoms with Gasteiger partial charge in [-0.25, -0.2) is 18.9 Å². The maximum Gasteiger partial charge on any atom is 0.159 e. The molecule has 8 heteroatoms. The molecule has 1 unspecified atom stereocenters. The molecule has 1 aromatic carbocycles.